The number of carboxylic acid groups (broad SMARTS) is 1. The van der Waals surface area contributed by atoms with Crippen molar-refractivity contribution in [2.24, 2.45) is 5.92 Å². The van der Waals surface area contributed by atoms with Crippen LogP contribution in [0, 0.1) is 5.92 Å². The van der Waals surface area contributed by atoms with E-state index in [1.807, 2.05) is 0 Å². The Labute approximate surface area is 110 Å². The van der Waals surface area contributed by atoms with E-state index in [1.165, 1.54) is 12.0 Å². The van der Waals surface area contributed by atoms with Crippen molar-refractivity contribution in [3.8, 4) is 11.5 Å². The van der Waals surface area contributed by atoms with Crippen LogP contribution in [0.2, 0.25) is 0 Å². The molecule has 0 unspecified atom stereocenters. The zero-order valence-electron chi connectivity index (χ0n) is 10.5. The van der Waals surface area contributed by atoms with Crippen molar-refractivity contribution in [3.63, 3.8) is 0 Å². The average molecular weight is 265 g/mol. The van der Waals surface area contributed by atoms with E-state index in [-0.39, 0.29) is 25.6 Å². The molecule has 6 nitrogen and oxygen atoms in total. The Kier molecular flexibility index (Phi) is 3.89. The second-order valence-corrected chi connectivity index (χ2v) is 4.27. The molecule has 1 aliphatic heterocycles. The minimum atomic E-state index is -0.866. The largest absolute Gasteiger partial charge is 0.493 e. The number of likely N-dealkylation sites (tertiary alicyclic amines) is 1. The topological polar surface area (TPSA) is 76.1 Å². The predicted molar refractivity (Wildman–Crippen MR) is 66.2 cm³/mol. The smallest absolute Gasteiger partial charge is 0.310 e. The molecule has 0 atom stereocenters. The number of para-hydroxylation sites is 2. The fourth-order valence-corrected chi connectivity index (χ4v) is 1.81. The molecule has 0 spiro atoms. The summed E-state index contributed by atoms with van der Waals surface area (Å²) in [6.45, 7) is 0.389. The molecule has 1 amide bonds. The number of aliphatic carboxylic acids is 1. The molecule has 1 aromatic rings. The Morgan fingerprint density at radius 2 is 1.95 bits per heavy atom. The highest BCUT2D eigenvalue weighted by molar-refractivity contribution is 5.82. The van der Waals surface area contributed by atoms with E-state index in [4.69, 9.17) is 14.6 Å². The van der Waals surface area contributed by atoms with Crippen LogP contribution in [0.3, 0.4) is 0 Å². The van der Waals surface area contributed by atoms with Gasteiger partial charge >= 0.3 is 5.97 Å². The second kappa shape index (κ2) is 5.60. The highest BCUT2D eigenvalue weighted by Gasteiger charge is 2.35. The van der Waals surface area contributed by atoms with Gasteiger partial charge in [0.25, 0.3) is 5.91 Å². The molecule has 1 saturated heterocycles. The Hall–Kier alpha value is -2.24. The van der Waals surface area contributed by atoms with Gasteiger partial charge in [-0.05, 0) is 12.1 Å². The Morgan fingerprint density at radius 1 is 1.32 bits per heavy atom. The lowest BCUT2D eigenvalue weighted by Crippen LogP contribution is -2.54. The summed E-state index contributed by atoms with van der Waals surface area (Å²) in [5, 5.41) is 8.72. The van der Waals surface area contributed by atoms with E-state index in [1.54, 1.807) is 24.3 Å². The van der Waals surface area contributed by atoms with Crippen molar-refractivity contribution in [2.45, 2.75) is 0 Å². The molecule has 0 aromatic heterocycles. The summed E-state index contributed by atoms with van der Waals surface area (Å²) in [7, 11) is 1.52. The third-order valence-corrected chi connectivity index (χ3v) is 3.00. The summed E-state index contributed by atoms with van der Waals surface area (Å²) in [4.78, 5) is 23.8. The molecule has 1 fully saturated rings. The molecule has 2 rings (SSSR count). The Morgan fingerprint density at radius 3 is 2.53 bits per heavy atom. The molecule has 1 N–H and O–H groups in total. The standard InChI is InChI=1S/C13H15NO5/c1-18-10-4-2-3-5-11(10)19-8-12(15)14-6-9(7-14)13(16)17/h2-5,9H,6-8H2,1H3,(H,16,17). The van der Waals surface area contributed by atoms with Crippen LogP contribution in [-0.4, -0.2) is 48.7 Å². The van der Waals surface area contributed by atoms with Gasteiger partial charge in [0.1, 0.15) is 0 Å². The zero-order valence-corrected chi connectivity index (χ0v) is 10.5. The fourth-order valence-electron chi connectivity index (χ4n) is 1.81. The molecule has 1 aromatic carbocycles. The van der Waals surface area contributed by atoms with Gasteiger partial charge in [-0.25, -0.2) is 0 Å². The van der Waals surface area contributed by atoms with Crippen molar-refractivity contribution >= 4 is 11.9 Å². The van der Waals surface area contributed by atoms with Crippen molar-refractivity contribution in [2.75, 3.05) is 26.8 Å². The molecular formula is C13H15NO5. The van der Waals surface area contributed by atoms with Crippen molar-refractivity contribution in [3.05, 3.63) is 24.3 Å². The van der Waals surface area contributed by atoms with Crippen LogP contribution in [0.4, 0.5) is 0 Å². The third kappa shape index (κ3) is 2.96. The van der Waals surface area contributed by atoms with Crippen LogP contribution in [-0.2, 0) is 9.59 Å². The maximum atomic E-state index is 11.7. The third-order valence-electron chi connectivity index (χ3n) is 3.00. The molecule has 1 aliphatic rings. The molecule has 102 valence electrons. The fraction of sp³-hybridized carbons (Fsp3) is 0.385. The lowest BCUT2D eigenvalue weighted by Gasteiger charge is -2.36. The summed E-state index contributed by atoms with van der Waals surface area (Å²) in [5.41, 5.74) is 0. The molecule has 0 aliphatic carbocycles. The number of hydrogen-bond acceptors (Lipinski definition) is 4. The van der Waals surface area contributed by atoms with Gasteiger partial charge in [0.15, 0.2) is 18.1 Å². The van der Waals surface area contributed by atoms with Gasteiger partial charge in [-0.15, -0.1) is 0 Å². The Balaban J connectivity index is 1.83. The van der Waals surface area contributed by atoms with Gasteiger partial charge in [0.05, 0.1) is 13.0 Å². The molecule has 0 bridgehead atoms. The molecule has 0 radical (unpaired) electrons. The lowest BCUT2D eigenvalue weighted by molar-refractivity contribution is -0.153. The summed E-state index contributed by atoms with van der Waals surface area (Å²) in [6, 6.07) is 7.04. The van der Waals surface area contributed by atoms with Gasteiger partial charge in [-0.3, -0.25) is 9.59 Å². The number of ether oxygens (including phenoxy) is 2. The number of methoxy groups -OCH3 is 1. The van der Waals surface area contributed by atoms with Crippen molar-refractivity contribution in [1.29, 1.82) is 0 Å². The highest BCUT2D eigenvalue weighted by atomic mass is 16.5. The minimum Gasteiger partial charge on any atom is -0.493 e. The molecule has 0 saturated carbocycles. The SMILES string of the molecule is COc1ccccc1OCC(=O)N1CC(C(=O)O)C1. The average Bonchev–Trinajstić information content (AvgIpc) is 2.34. The summed E-state index contributed by atoms with van der Waals surface area (Å²) in [5.74, 6) is -0.482. The number of amides is 1. The molecule has 1 heterocycles. The van der Waals surface area contributed by atoms with Crippen LogP contribution in [0.25, 0.3) is 0 Å². The minimum absolute atomic E-state index is 0.118. The van der Waals surface area contributed by atoms with E-state index in [0.717, 1.165) is 0 Å². The van der Waals surface area contributed by atoms with Gasteiger partial charge < -0.3 is 19.5 Å². The van der Waals surface area contributed by atoms with Gasteiger partial charge in [0, 0.05) is 13.1 Å². The Bertz CT molecular complexity index is 482. The summed E-state index contributed by atoms with van der Waals surface area (Å²) in [6.07, 6.45) is 0. The first-order chi connectivity index (χ1) is 9.11. The van der Waals surface area contributed by atoms with Gasteiger partial charge in [0.2, 0.25) is 0 Å². The first kappa shape index (κ1) is 13.2. The molecule has 19 heavy (non-hydrogen) atoms. The quantitative estimate of drug-likeness (QED) is 0.844. The maximum absolute atomic E-state index is 11.7. The number of hydrogen-bond donors (Lipinski definition) is 1. The highest BCUT2D eigenvalue weighted by Crippen LogP contribution is 2.26. The maximum Gasteiger partial charge on any atom is 0.310 e. The van der Waals surface area contributed by atoms with E-state index in [2.05, 4.69) is 0 Å². The van der Waals surface area contributed by atoms with E-state index >= 15 is 0 Å². The van der Waals surface area contributed by atoms with Gasteiger partial charge in [-0.2, -0.15) is 0 Å². The molecule has 6 heteroatoms. The van der Waals surface area contributed by atoms with Crippen molar-refractivity contribution < 1.29 is 24.2 Å². The number of nitrogens with zero attached hydrogens (tertiary/aromatic N) is 1. The summed E-state index contributed by atoms with van der Waals surface area (Å²) >= 11 is 0. The number of carbonyl (C=O) groups is 2. The first-order valence-electron chi connectivity index (χ1n) is 5.88. The van der Waals surface area contributed by atoms with E-state index in [9.17, 15) is 9.59 Å². The van der Waals surface area contributed by atoms with Crippen LogP contribution >= 0.6 is 0 Å². The van der Waals surface area contributed by atoms with Crippen molar-refractivity contribution in [1.82, 2.24) is 4.90 Å². The lowest BCUT2D eigenvalue weighted by atomic mass is 10.0. The van der Waals surface area contributed by atoms with Crippen LogP contribution < -0.4 is 9.47 Å². The number of rotatable bonds is 5. The van der Waals surface area contributed by atoms with E-state index in [0.29, 0.717) is 11.5 Å². The second-order valence-electron chi connectivity index (χ2n) is 4.27. The number of benzene rings is 1. The predicted octanol–water partition coefficient (Wildman–Crippen LogP) is 0.617. The number of carbonyl (C=O) groups excluding carboxylic acids is 1. The van der Waals surface area contributed by atoms with E-state index < -0.39 is 11.9 Å². The van der Waals surface area contributed by atoms with Crippen LogP contribution in [0.15, 0.2) is 24.3 Å². The first-order valence-corrected chi connectivity index (χ1v) is 5.88. The zero-order chi connectivity index (χ0) is 13.8. The normalized spacial score (nSPS) is 14.7. The molecular weight excluding hydrogens is 250 g/mol. The van der Waals surface area contributed by atoms with Crippen LogP contribution in [0.5, 0.6) is 11.5 Å². The van der Waals surface area contributed by atoms with Crippen LogP contribution in [0.1, 0.15) is 0 Å². The summed E-state index contributed by atoms with van der Waals surface area (Å²) < 4.78 is 10.5. The monoisotopic (exact) mass is 265 g/mol. The number of carboxylic acids is 1. The van der Waals surface area contributed by atoms with Gasteiger partial charge in [-0.1, -0.05) is 12.1 Å².